The number of anilines is 1. The molecule has 5 rings (SSSR count). The molecule has 2 aliphatic rings. The van der Waals surface area contributed by atoms with Gasteiger partial charge in [0.2, 0.25) is 0 Å². The van der Waals surface area contributed by atoms with Crippen molar-refractivity contribution in [3.63, 3.8) is 0 Å². The average Bonchev–Trinajstić information content (AvgIpc) is 3.23. The van der Waals surface area contributed by atoms with Crippen molar-refractivity contribution in [1.82, 2.24) is 4.90 Å². The molecule has 0 radical (unpaired) electrons. The first kappa shape index (κ1) is 22.7. The van der Waals surface area contributed by atoms with Crippen LogP contribution < -0.4 is 4.90 Å². The second kappa shape index (κ2) is 10.0. The maximum absolute atomic E-state index is 13.3. The predicted molar refractivity (Wildman–Crippen MR) is 137 cm³/mol. The van der Waals surface area contributed by atoms with Crippen molar-refractivity contribution in [3.05, 3.63) is 102 Å². The van der Waals surface area contributed by atoms with Gasteiger partial charge in [0.1, 0.15) is 11.5 Å². The third-order valence-electron chi connectivity index (χ3n) is 7.46. The van der Waals surface area contributed by atoms with E-state index < -0.39 is 5.41 Å². The van der Waals surface area contributed by atoms with E-state index >= 15 is 0 Å². The number of carbonyl (C=O) groups is 1. The van der Waals surface area contributed by atoms with E-state index in [-0.39, 0.29) is 12.1 Å². The lowest BCUT2D eigenvalue weighted by Gasteiger charge is -2.36. The first-order valence-electron chi connectivity index (χ1n) is 12.5. The highest BCUT2D eigenvalue weighted by molar-refractivity contribution is 5.89. The zero-order valence-corrected chi connectivity index (χ0v) is 20.0. The molecule has 2 heterocycles. The Kier molecular flexibility index (Phi) is 6.68. The lowest BCUT2D eigenvalue weighted by Crippen LogP contribution is -2.46. The quantitative estimate of drug-likeness (QED) is 0.460. The minimum atomic E-state index is -0.702. The smallest absolute Gasteiger partial charge is 0.321 e. The summed E-state index contributed by atoms with van der Waals surface area (Å²) in [7, 11) is 0. The van der Waals surface area contributed by atoms with E-state index in [1.54, 1.807) is 0 Å². The number of carbonyl (C=O) groups excluding carboxylic acids is 1. The maximum atomic E-state index is 13.3. The van der Waals surface area contributed by atoms with Crippen LogP contribution in [-0.4, -0.2) is 49.7 Å². The summed E-state index contributed by atoms with van der Waals surface area (Å²) >= 11 is 0. The summed E-state index contributed by atoms with van der Waals surface area (Å²) in [6, 6.07) is 29.1. The molecule has 4 heteroatoms. The van der Waals surface area contributed by atoms with Gasteiger partial charge in [-0.3, -0.25) is 9.69 Å². The number of benzene rings is 3. The van der Waals surface area contributed by atoms with Gasteiger partial charge in [-0.2, -0.15) is 0 Å². The number of piperazine rings is 1. The number of rotatable bonds is 7. The zero-order valence-electron chi connectivity index (χ0n) is 20.0. The summed E-state index contributed by atoms with van der Waals surface area (Å²) in [6.07, 6.45) is 2.62. The lowest BCUT2D eigenvalue weighted by atomic mass is 9.72. The maximum Gasteiger partial charge on any atom is 0.321 e. The van der Waals surface area contributed by atoms with Crippen LogP contribution in [0.25, 0.3) is 0 Å². The summed E-state index contributed by atoms with van der Waals surface area (Å²) in [5.41, 5.74) is 3.98. The minimum Gasteiger partial charge on any atom is -0.461 e. The number of hydrogen-bond donors (Lipinski definition) is 0. The molecule has 0 aromatic heterocycles. The Balaban J connectivity index is 1.17. The highest BCUT2D eigenvalue weighted by atomic mass is 16.6. The lowest BCUT2D eigenvalue weighted by molar-refractivity contribution is -0.144. The molecule has 34 heavy (non-hydrogen) atoms. The molecule has 176 valence electrons. The van der Waals surface area contributed by atoms with Crippen LogP contribution in [0.5, 0.6) is 0 Å². The molecule has 2 saturated heterocycles. The molecule has 3 aromatic carbocycles. The van der Waals surface area contributed by atoms with Gasteiger partial charge in [-0.1, -0.05) is 78.4 Å². The highest BCUT2D eigenvalue weighted by Gasteiger charge is 2.51. The van der Waals surface area contributed by atoms with E-state index in [0.29, 0.717) is 6.42 Å². The number of hydrogen-bond acceptors (Lipinski definition) is 4. The molecule has 0 aliphatic carbocycles. The van der Waals surface area contributed by atoms with Crippen molar-refractivity contribution in [2.45, 2.75) is 37.7 Å². The fourth-order valence-electron chi connectivity index (χ4n) is 5.49. The van der Waals surface area contributed by atoms with Crippen LogP contribution in [0.4, 0.5) is 5.69 Å². The summed E-state index contributed by atoms with van der Waals surface area (Å²) in [4.78, 5) is 18.3. The fraction of sp³-hybridized carbons (Fsp3) is 0.367. The normalized spacial score (nSPS) is 20.3. The Morgan fingerprint density at radius 2 is 1.41 bits per heavy atom. The summed E-state index contributed by atoms with van der Waals surface area (Å²) < 4.78 is 5.99. The predicted octanol–water partition coefficient (Wildman–Crippen LogP) is 5.20. The fourth-order valence-corrected chi connectivity index (χ4v) is 5.49. The molecule has 4 nitrogen and oxygen atoms in total. The Hall–Kier alpha value is -3.11. The Bertz CT molecular complexity index is 1030. The summed E-state index contributed by atoms with van der Waals surface area (Å²) in [6.45, 7) is 7.47. The monoisotopic (exact) mass is 454 g/mol. The Morgan fingerprint density at radius 3 is 2.00 bits per heavy atom. The first-order chi connectivity index (χ1) is 16.6. The van der Waals surface area contributed by atoms with Crippen LogP contribution in [0, 0.1) is 6.92 Å². The molecule has 0 spiro atoms. The molecule has 2 fully saturated rings. The molecule has 0 unspecified atom stereocenters. The molecule has 3 aromatic rings. The van der Waals surface area contributed by atoms with Gasteiger partial charge in [-0.05, 0) is 49.6 Å². The third-order valence-corrected chi connectivity index (χ3v) is 7.46. The summed E-state index contributed by atoms with van der Waals surface area (Å²) in [5, 5.41) is 0. The van der Waals surface area contributed by atoms with Gasteiger partial charge in [0, 0.05) is 38.3 Å². The SMILES string of the molecule is Cc1ccc(N2CCN(CCC[C@@H]3CC(c4ccccc4)(c4ccccc4)C(=O)O3)CC2)cc1. The number of aryl methyl sites for hydroxylation is 1. The van der Waals surface area contributed by atoms with Crippen LogP contribution in [0.2, 0.25) is 0 Å². The van der Waals surface area contributed by atoms with Crippen LogP contribution >= 0.6 is 0 Å². The van der Waals surface area contributed by atoms with Crippen molar-refractivity contribution < 1.29 is 9.53 Å². The Morgan fingerprint density at radius 1 is 0.824 bits per heavy atom. The van der Waals surface area contributed by atoms with Gasteiger partial charge in [0.15, 0.2) is 0 Å². The zero-order chi connectivity index (χ0) is 23.4. The van der Waals surface area contributed by atoms with Crippen LogP contribution in [-0.2, 0) is 14.9 Å². The largest absolute Gasteiger partial charge is 0.461 e. The summed E-state index contributed by atoms with van der Waals surface area (Å²) in [5.74, 6) is -0.110. The highest BCUT2D eigenvalue weighted by Crippen LogP contribution is 2.44. The van der Waals surface area contributed by atoms with E-state index in [4.69, 9.17) is 4.74 Å². The van der Waals surface area contributed by atoms with Crippen molar-refractivity contribution >= 4 is 11.7 Å². The molecule has 2 aliphatic heterocycles. The van der Waals surface area contributed by atoms with Crippen LogP contribution in [0.3, 0.4) is 0 Å². The first-order valence-corrected chi connectivity index (χ1v) is 12.5. The van der Waals surface area contributed by atoms with Crippen molar-refractivity contribution in [1.29, 1.82) is 0 Å². The van der Waals surface area contributed by atoms with E-state index in [2.05, 4.69) is 65.3 Å². The average molecular weight is 455 g/mol. The van der Waals surface area contributed by atoms with Gasteiger partial charge in [0.25, 0.3) is 0 Å². The van der Waals surface area contributed by atoms with E-state index in [1.165, 1.54) is 11.3 Å². The van der Waals surface area contributed by atoms with E-state index in [9.17, 15) is 4.79 Å². The molecule has 1 atom stereocenters. The number of esters is 1. The van der Waals surface area contributed by atoms with Crippen LogP contribution in [0.1, 0.15) is 36.0 Å². The van der Waals surface area contributed by atoms with E-state index in [1.807, 2.05) is 36.4 Å². The minimum absolute atomic E-state index is 0.0400. The second-order valence-electron chi connectivity index (χ2n) is 9.68. The van der Waals surface area contributed by atoms with Crippen molar-refractivity contribution in [3.8, 4) is 0 Å². The molecule has 0 bridgehead atoms. The molecule has 0 amide bonds. The number of cyclic esters (lactones) is 1. The van der Waals surface area contributed by atoms with Crippen LogP contribution in [0.15, 0.2) is 84.9 Å². The number of ether oxygens (including phenoxy) is 1. The van der Waals surface area contributed by atoms with Gasteiger partial charge < -0.3 is 9.64 Å². The third kappa shape index (κ3) is 4.60. The second-order valence-corrected chi connectivity index (χ2v) is 9.68. The van der Waals surface area contributed by atoms with Gasteiger partial charge in [0.05, 0.1) is 0 Å². The molecule has 0 saturated carbocycles. The molecular weight excluding hydrogens is 420 g/mol. The Labute approximate surface area is 203 Å². The number of nitrogens with zero attached hydrogens (tertiary/aromatic N) is 2. The topological polar surface area (TPSA) is 32.8 Å². The molecular formula is C30H34N2O2. The van der Waals surface area contributed by atoms with Crippen molar-refractivity contribution in [2.24, 2.45) is 0 Å². The van der Waals surface area contributed by atoms with E-state index in [0.717, 1.165) is 56.7 Å². The standard InChI is InChI=1S/C30H34N2O2/c1-24-14-16-27(17-15-24)32-21-19-31(20-22-32)18-8-13-28-23-30(29(33)34-28,25-9-4-2-5-10-25)26-11-6-3-7-12-26/h2-7,9-12,14-17,28H,8,13,18-23H2,1H3/t28-/m1/s1. The van der Waals surface area contributed by atoms with Crippen molar-refractivity contribution in [2.75, 3.05) is 37.6 Å². The van der Waals surface area contributed by atoms with Gasteiger partial charge in [-0.15, -0.1) is 0 Å². The van der Waals surface area contributed by atoms with Gasteiger partial charge >= 0.3 is 5.97 Å². The van der Waals surface area contributed by atoms with Gasteiger partial charge in [-0.25, -0.2) is 0 Å². The molecule has 0 N–H and O–H groups in total.